The van der Waals surface area contributed by atoms with Gasteiger partial charge in [-0.15, -0.1) is 0 Å². The number of carboxylic acid groups (broad SMARTS) is 1. The van der Waals surface area contributed by atoms with Crippen LogP contribution in [0.25, 0.3) is 0 Å². The molecule has 122 valence electrons. The minimum atomic E-state index is -0.899. The lowest BCUT2D eigenvalue weighted by molar-refractivity contribution is -0.153. The maximum Gasteiger partial charge on any atom is 0.336 e. The molecule has 5 heteroatoms. The Hall–Kier alpha value is -1.88. The zero-order valence-corrected chi connectivity index (χ0v) is 13.9. The van der Waals surface area contributed by atoms with Gasteiger partial charge in [-0.25, -0.2) is 4.79 Å². The SMILES string of the molecule is Cc1cc(CCNCC(=O)OC(C)(C)C)cc(C)c1C(=O)O. The fraction of sp³-hybridized carbons (Fsp3) is 0.529. The number of carboxylic acids is 1. The van der Waals surface area contributed by atoms with Crippen molar-refractivity contribution in [1.82, 2.24) is 5.32 Å². The molecule has 2 N–H and O–H groups in total. The van der Waals surface area contributed by atoms with Crippen LogP contribution >= 0.6 is 0 Å². The van der Waals surface area contributed by atoms with Crippen LogP contribution in [0.4, 0.5) is 0 Å². The highest BCUT2D eigenvalue weighted by Gasteiger charge is 2.15. The fourth-order valence-electron chi connectivity index (χ4n) is 2.34. The quantitative estimate of drug-likeness (QED) is 0.624. The molecule has 22 heavy (non-hydrogen) atoms. The lowest BCUT2D eigenvalue weighted by Gasteiger charge is -2.19. The number of carbonyl (C=O) groups is 2. The van der Waals surface area contributed by atoms with Crippen molar-refractivity contribution in [1.29, 1.82) is 0 Å². The average molecular weight is 307 g/mol. The summed E-state index contributed by atoms with van der Waals surface area (Å²) in [6.45, 7) is 9.90. The van der Waals surface area contributed by atoms with Gasteiger partial charge in [-0.2, -0.15) is 0 Å². The molecule has 0 aromatic heterocycles. The van der Waals surface area contributed by atoms with Crippen molar-refractivity contribution in [2.24, 2.45) is 0 Å². The van der Waals surface area contributed by atoms with E-state index in [1.807, 2.05) is 32.9 Å². The largest absolute Gasteiger partial charge is 0.478 e. The highest BCUT2D eigenvalue weighted by molar-refractivity contribution is 5.91. The molecule has 1 aromatic carbocycles. The summed E-state index contributed by atoms with van der Waals surface area (Å²) in [6.07, 6.45) is 0.727. The van der Waals surface area contributed by atoms with E-state index in [-0.39, 0.29) is 12.5 Å². The molecule has 1 aromatic rings. The number of rotatable bonds is 6. The number of aromatic carboxylic acids is 1. The van der Waals surface area contributed by atoms with Crippen LogP contribution in [0.1, 0.15) is 47.8 Å². The number of nitrogens with one attached hydrogen (secondary N) is 1. The number of benzene rings is 1. The van der Waals surface area contributed by atoms with E-state index in [1.54, 1.807) is 13.8 Å². The molecule has 0 aliphatic carbocycles. The van der Waals surface area contributed by atoms with Gasteiger partial charge < -0.3 is 15.2 Å². The highest BCUT2D eigenvalue weighted by Crippen LogP contribution is 2.17. The van der Waals surface area contributed by atoms with Gasteiger partial charge in [0.25, 0.3) is 0 Å². The van der Waals surface area contributed by atoms with Crippen molar-refractivity contribution >= 4 is 11.9 Å². The van der Waals surface area contributed by atoms with Gasteiger partial charge in [0.1, 0.15) is 5.60 Å². The molecule has 0 saturated carbocycles. The lowest BCUT2D eigenvalue weighted by Crippen LogP contribution is -2.32. The predicted octanol–water partition coefficient (Wildman–Crippen LogP) is 2.48. The predicted molar refractivity (Wildman–Crippen MR) is 85.3 cm³/mol. The van der Waals surface area contributed by atoms with Crippen LogP contribution in [0.15, 0.2) is 12.1 Å². The number of carbonyl (C=O) groups excluding carboxylic acids is 1. The van der Waals surface area contributed by atoms with Gasteiger partial charge >= 0.3 is 11.9 Å². The van der Waals surface area contributed by atoms with Crippen molar-refractivity contribution in [3.8, 4) is 0 Å². The number of hydrogen-bond acceptors (Lipinski definition) is 4. The van der Waals surface area contributed by atoms with E-state index in [9.17, 15) is 9.59 Å². The number of esters is 1. The molecule has 0 spiro atoms. The summed E-state index contributed by atoms with van der Waals surface area (Å²) in [5.41, 5.74) is 2.46. The number of ether oxygens (including phenoxy) is 1. The van der Waals surface area contributed by atoms with Gasteiger partial charge in [0, 0.05) is 0 Å². The second-order valence-electron chi connectivity index (χ2n) is 6.42. The van der Waals surface area contributed by atoms with Crippen LogP contribution < -0.4 is 5.32 Å². The molecule has 0 bridgehead atoms. The third kappa shape index (κ3) is 5.85. The summed E-state index contributed by atoms with van der Waals surface area (Å²) in [5.74, 6) is -1.18. The third-order valence-corrected chi connectivity index (χ3v) is 3.09. The molecular weight excluding hydrogens is 282 g/mol. The topological polar surface area (TPSA) is 75.6 Å². The van der Waals surface area contributed by atoms with E-state index in [1.165, 1.54) is 0 Å². The second kappa shape index (κ2) is 7.40. The van der Waals surface area contributed by atoms with Gasteiger partial charge in [0.15, 0.2) is 0 Å². The van der Waals surface area contributed by atoms with Gasteiger partial charge in [-0.05, 0) is 64.3 Å². The first-order valence-corrected chi connectivity index (χ1v) is 7.36. The summed E-state index contributed by atoms with van der Waals surface area (Å²) in [5, 5.41) is 12.2. The van der Waals surface area contributed by atoms with E-state index >= 15 is 0 Å². The number of aryl methyl sites for hydroxylation is 2. The van der Waals surface area contributed by atoms with Crippen LogP contribution in [0, 0.1) is 13.8 Å². The van der Waals surface area contributed by atoms with Gasteiger partial charge in [-0.1, -0.05) is 12.1 Å². The van der Waals surface area contributed by atoms with E-state index in [2.05, 4.69) is 5.32 Å². The van der Waals surface area contributed by atoms with Crippen LogP contribution in [0.2, 0.25) is 0 Å². The Morgan fingerprint density at radius 2 is 1.73 bits per heavy atom. The van der Waals surface area contributed by atoms with Crippen molar-refractivity contribution in [3.63, 3.8) is 0 Å². The van der Waals surface area contributed by atoms with E-state index in [0.29, 0.717) is 12.1 Å². The van der Waals surface area contributed by atoms with E-state index < -0.39 is 11.6 Å². The van der Waals surface area contributed by atoms with Crippen LogP contribution in [0.3, 0.4) is 0 Å². The molecular formula is C17H25NO4. The summed E-state index contributed by atoms with van der Waals surface area (Å²) < 4.78 is 5.20. The lowest BCUT2D eigenvalue weighted by atomic mass is 9.98. The first kappa shape index (κ1) is 18.2. The minimum absolute atomic E-state index is 0.169. The molecule has 0 heterocycles. The molecule has 5 nitrogen and oxygen atoms in total. The van der Waals surface area contributed by atoms with Crippen LogP contribution in [-0.2, 0) is 16.0 Å². The first-order chi connectivity index (χ1) is 10.1. The number of hydrogen-bond donors (Lipinski definition) is 2. The van der Waals surface area contributed by atoms with Crippen LogP contribution in [0.5, 0.6) is 0 Å². The third-order valence-electron chi connectivity index (χ3n) is 3.09. The molecule has 0 saturated heterocycles. The monoisotopic (exact) mass is 307 g/mol. The molecule has 0 atom stereocenters. The Balaban J connectivity index is 2.50. The first-order valence-electron chi connectivity index (χ1n) is 7.36. The van der Waals surface area contributed by atoms with Gasteiger partial charge in [-0.3, -0.25) is 4.79 Å². The van der Waals surface area contributed by atoms with Crippen LogP contribution in [-0.4, -0.2) is 35.7 Å². The molecule has 0 aliphatic heterocycles. The summed E-state index contributed by atoms with van der Waals surface area (Å²) in [6, 6.07) is 3.76. The Morgan fingerprint density at radius 3 is 2.18 bits per heavy atom. The maximum atomic E-state index is 11.5. The standard InChI is InChI=1S/C17H25NO4/c1-11-8-13(9-12(2)15(11)16(20)21)6-7-18-10-14(19)22-17(3,4)5/h8-9,18H,6-7,10H2,1-5H3,(H,20,21). The Kier molecular flexibility index (Phi) is 6.11. The van der Waals surface area contributed by atoms with E-state index in [4.69, 9.17) is 9.84 Å². The normalized spacial score (nSPS) is 11.3. The molecule has 0 radical (unpaired) electrons. The summed E-state index contributed by atoms with van der Waals surface area (Å²) >= 11 is 0. The second-order valence-corrected chi connectivity index (χ2v) is 6.42. The van der Waals surface area contributed by atoms with Crippen molar-refractivity contribution in [3.05, 3.63) is 34.4 Å². The Bertz CT molecular complexity index is 535. The molecule has 0 amide bonds. The molecule has 0 fully saturated rings. The highest BCUT2D eigenvalue weighted by atomic mass is 16.6. The molecule has 1 rings (SSSR count). The van der Waals surface area contributed by atoms with Gasteiger partial charge in [0.2, 0.25) is 0 Å². The Labute approximate surface area is 131 Å². The van der Waals surface area contributed by atoms with Crippen molar-refractivity contribution in [2.45, 2.75) is 46.6 Å². The van der Waals surface area contributed by atoms with E-state index in [0.717, 1.165) is 23.1 Å². The van der Waals surface area contributed by atoms with Gasteiger partial charge in [0.05, 0.1) is 12.1 Å². The zero-order valence-electron chi connectivity index (χ0n) is 13.9. The van der Waals surface area contributed by atoms with Crippen molar-refractivity contribution < 1.29 is 19.4 Å². The maximum absolute atomic E-state index is 11.5. The summed E-state index contributed by atoms with van der Waals surface area (Å²) in [7, 11) is 0. The zero-order chi connectivity index (χ0) is 16.9. The van der Waals surface area contributed by atoms with Crippen molar-refractivity contribution in [2.75, 3.05) is 13.1 Å². The Morgan fingerprint density at radius 1 is 1.18 bits per heavy atom. The smallest absolute Gasteiger partial charge is 0.336 e. The molecule has 0 aliphatic rings. The summed E-state index contributed by atoms with van der Waals surface area (Å²) in [4.78, 5) is 22.7. The molecule has 0 unspecified atom stereocenters. The minimum Gasteiger partial charge on any atom is -0.478 e. The average Bonchev–Trinajstić information content (AvgIpc) is 2.31. The fourth-order valence-corrected chi connectivity index (χ4v) is 2.34.